The minimum absolute atomic E-state index is 0.0766. The van der Waals surface area contributed by atoms with Crippen LogP contribution >= 0.6 is 0 Å². The van der Waals surface area contributed by atoms with Crippen molar-refractivity contribution in [1.29, 1.82) is 0 Å². The quantitative estimate of drug-likeness (QED) is 0.744. The summed E-state index contributed by atoms with van der Waals surface area (Å²) in [4.78, 5) is 19.0. The molecule has 144 valence electrons. The second kappa shape index (κ2) is 8.39. The summed E-state index contributed by atoms with van der Waals surface area (Å²) in [5, 5.41) is 0. The molecule has 0 bridgehead atoms. The topological polar surface area (TPSA) is 60.9 Å². The Morgan fingerprint density at radius 2 is 1.85 bits per heavy atom. The van der Waals surface area contributed by atoms with Gasteiger partial charge in [0, 0.05) is 50.9 Å². The predicted molar refractivity (Wildman–Crippen MR) is 104 cm³/mol. The molecule has 0 N–H and O–H groups in total. The molecule has 1 unspecified atom stereocenters. The van der Waals surface area contributed by atoms with Gasteiger partial charge in [-0.3, -0.25) is 9.69 Å². The molecule has 0 spiro atoms. The summed E-state index contributed by atoms with van der Waals surface area (Å²) in [5.74, 6) is 0.700. The fourth-order valence-electron chi connectivity index (χ4n) is 3.91. The average molecular weight is 380 g/mol. The predicted octanol–water partition coefficient (Wildman–Crippen LogP) is 1.23. The van der Waals surface area contributed by atoms with Gasteiger partial charge >= 0.3 is 0 Å². The Balaban J connectivity index is 1.45. The molecule has 0 aliphatic carbocycles. The van der Waals surface area contributed by atoms with E-state index in [0.717, 1.165) is 32.7 Å². The van der Waals surface area contributed by atoms with Crippen molar-refractivity contribution >= 4 is 21.4 Å². The van der Waals surface area contributed by atoms with Crippen molar-refractivity contribution in [3.63, 3.8) is 0 Å². The van der Waals surface area contributed by atoms with Gasteiger partial charge in [-0.25, -0.2) is 8.42 Å². The zero-order chi connectivity index (χ0) is 18.6. The molecular formula is C19H29N3O3S. The number of sulfone groups is 1. The van der Waals surface area contributed by atoms with Crippen molar-refractivity contribution in [2.45, 2.75) is 25.8 Å². The average Bonchev–Trinajstić information content (AvgIpc) is 3.02. The smallest absolute Gasteiger partial charge is 0.223 e. The van der Waals surface area contributed by atoms with Crippen LogP contribution in [0.25, 0.3) is 0 Å². The first kappa shape index (κ1) is 19.2. The Labute approximate surface area is 156 Å². The van der Waals surface area contributed by atoms with Crippen LogP contribution in [0, 0.1) is 0 Å². The third kappa shape index (κ3) is 4.76. The Morgan fingerprint density at radius 3 is 2.42 bits per heavy atom. The zero-order valence-corrected chi connectivity index (χ0v) is 16.3. The van der Waals surface area contributed by atoms with Crippen molar-refractivity contribution in [3.8, 4) is 0 Å². The van der Waals surface area contributed by atoms with Crippen LogP contribution in [0.4, 0.5) is 5.69 Å². The Kier molecular flexibility index (Phi) is 6.19. The van der Waals surface area contributed by atoms with Crippen LogP contribution in [0.3, 0.4) is 0 Å². The van der Waals surface area contributed by atoms with E-state index >= 15 is 0 Å². The minimum atomic E-state index is -2.88. The summed E-state index contributed by atoms with van der Waals surface area (Å²) in [5.41, 5.74) is 1.21. The van der Waals surface area contributed by atoms with Gasteiger partial charge in [0.25, 0.3) is 0 Å². The Morgan fingerprint density at radius 1 is 1.15 bits per heavy atom. The lowest BCUT2D eigenvalue weighted by Gasteiger charge is -2.36. The molecule has 2 aliphatic rings. The van der Waals surface area contributed by atoms with E-state index in [0.29, 0.717) is 19.4 Å². The number of nitrogens with zero attached hydrogens (tertiary/aromatic N) is 3. The number of carbonyl (C=O) groups is 1. The van der Waals surface area contributed by atoms with Crippen molar-refractivity contribution in [2.24, 2.45) is 0 Å². The molecule has 2 saturated heterocycles. The number of piperazine rings is 1. The highest BCUT2D eigenvalue weighted by molar-refractivity contribution is 7.91. The van der Waals surface area contributed by atoms with E-state index in [1.54, 1.807) is 0 Å². The number of hydrogen-bond donors (Lipinski definition) is 0. The number of anilines is 1. The molecule has 1 aromatic carbocycles. The van der Waals surface area contributed by atoms with E-state index < -0.39 is 9.84 Å². The maximum Gasteiger partial charge on any atom is 0.223 e. The molecule has 26 heavy (non-hydrogen) atoms. The van der Waals surface area contributed by atoms with Gasteiger partial charge in [-0.2, -0.15) is 0 Å². The summed E-state index contributed by atoms with van der Waals surface area (Å²) in [6.45, 7) is 6.68. The summed E-state index contributed by atoms with van der Waals surface area (Å²) in [7, 11) is -2.88. The molecule has 2 heterocycles. The van der Waals surface area contributed by atoms with E-state index in [9.17, 15) is 13.2 Å². The van der Waals surface area contributed by atoms with Crippen LogP contribution in [0.1, 0.15) is 19.8 Å². The summed E-state index contributed by atoms with van der Waals surface area (Å²) < 4.78 is 23.4. The summed E-state index contributed by atoms with van der Waals surface area (Å²) >= 11 is 0. The zero-order valence-electron chi connectivity index (χ0n) is 15.5. The fourth-order valence-corrected chi connectivity index (χ4v) is 5.67. The van der Waals surface area contributed by atoms with Crippen LogP contribution in [0.5, 0.6) is 0 Å². The standard InChI is InChI=1S/C19H29N3O3S/c1-2-20(18-9-15-26(24,25)16-18)10-8-19(23)22-13-11-21(12-14-22)17-6-4-3-5-7-17/h3-7,18H,2,8-16H2,1H3. The fraction of sp³-hybridized carbons (Fsp3) is 0.632. The van der Waals surface area contributed by atoms with Crippen molar-refractivity contribution in [3.05, 3.63) is 30.3 Å². The Bertz CT molecular complexity index is 700. The largest absolute Gasteiger partial charge is 0.368 e. The van der Waals surface area contributed by atoms with Crippen LogP contribution in [0.15, 0.2) is 30.3 Å². The highest BCUT2D eigenvalue weighted by Crippen LogP contribution is 2.19. The van der Waals surface area contributed by atoms with E-state index in [4.69, 9.17) is 0 Å². The maximum absolute atomic E-state index is 12.6. The van der Waals surface area contributed by atoms with Crippen LogP contribution < -0.4 is 4.90 Å². The number of rotatable bonds is 6. The number of para-hydroxylation sites is 1. The van der Waals surface area contributed by atoms with Crippen molar-refractivity contribution in [1.82, 2.24) is 9.80 Å². The van der Waals surface area contributed by atoms with Crippen LogP contribution in [-0.4, -0.2) is 80.9 Å². The molecule has 0 saturated carbocycles. The van der Waals surface area contributed by atoms with Gasteiger partial charge < -0.3 is 9.80 Å². The number of carbonyl (C=O) groups excluding carboxylic acids is 1. The lowest BCUT2D eigenvalue weighted by Crippen LogP contribution is -2.49. The molecule has 0 aromatic heterocycles. The first-order valence-electron chi connectivity index (χ1n) is 9.51. The lowest BCUT2D eigenvalue weighted by atomic mass is 10.2. The molecule has 6 nitrogen and oxygen atoms in total. The number of amides is 1. The highest BCUT2D eigenvalue weighted by atomic mass is 32.2. The van der Waals surface area contributed by atoms with Gasteiger partial charge in [0.2, 0.25) is 5.91 Å². The molecular weight excluding hydrogens is 350 g/mol. The third-order valence-electron chi connectivity index (χ3n) is 5.50. The number of benzene rings is 1. The second-order valence-electron chi connectivity index (χ2n) is 7.14. The van der Waals surface area contributed by atoms with Crippen LogP contribution in [0.2, 0.25) is 0 Å². The molecule has 2 aliphatic heterocycles. The highest BCUT2D eigenvalue weighted by Gasteiger charge is 2.32. The van der Waals surface area contributed by atoms with Gasteiger partial charge in [0.15, 0.2) is 9.84 Å². The second-order valence-corrected chi connectivity index (χ2v) is 9.37. The first-order chi connectivity index (χ1) is 12.5. The maximum atomic E-state index is 12.6. The first-order valence-corrected chi connectivity index (χ1v) is 11.3. The SMILES string of the molecule is CCN(CCC(=O)N1CCN(c2ccccc2)CC1)C1CCS(=O)(=O)C1. The Hall–Kier alpha value is -1.60. The third-order valence-corrected chi connectivity index (χ3v) is 7.25. The molecule has 1 amide bonds. The van der Waals surface area contributed by atoms with E-state index in [1.165, 1.54) is 5.69 Å². The lowest BCUT2D eigenvalue weighted by molar-refractivity contribution is -0.131. The van der Waals surface area contributed by atoms with E-state index in [1.807, 2.05) is 30.0 Å². The normalized spacial score (nSPS) is 22.8. The molecule has 1 aromatic rings. The molecule has 1 atom stereocenters. The minimum Gasteiger partial charge on any atom is -0.368 e. The molecule has 2 fully saturated rings. The van der Waals surface area contributed by atoms with Crippen molar-refractivity contribution < 1.29 is 13.2 Å². The summed E-state index contributed by atoms with van der Waals surface area (Å²) in [6.07, 6.45) is 1.16. The molecule has 7 heteroatoms. The van der Waals surface area contributed by atoms with Crippen molar-refractivity contribution in [2.75, 3.05) is 55.7 Å². The van der Waals surface area contributed by atoms with E-state index in [2.05, 4.69) is 21.9 Å². The molecule has 3 rings (SSSR count). The van der Waals surface area contributed by atoms with E-state index in [-0.39, 0.29) is 23.5 Å². The van der Waals surface area contributed by atoms with Gasteiger partial charge in [-0.15, -0.1) is 0 Å². The summed E-state index contributed by atoms with van der Waals surface area (Å²) in [6, 6.07) is 10.4. The number of hydrogen-bond acceptors (Lipinski definition) is 5. The monoisotopic (exact) mass is 379 g/mol. The van der Waals surface area contributed by atoms with Gasteiger partial charge in [-0.05, 0) is 25.1 Å². The van der Waals surface area contributed by atoms with Crippen LogP contribution in [-0.2, 0) is 14.6 Å². The van der Waals surface area contributed by atoms with Gasteiger partial charge in [0.05, 0.1) is 11.5 Å². The van der Waals surface area contributed by atoms with Gasteiger partial charge in [0.1, 0.15) is 0 Å². The van der Waals surface area contributed by atoms with Gasteiger partial charge in [-0.1, -0.05) is 25.1 Å². The molecule has 0 radical (unpaired) electrons.